The number of ether oxygens (including phenoxy) is 1. The predicted molar refractivity (Wildman–Crippen MR) is 47.7 cm³/mol. The van der Waals surface area contributed by atoms with Crippen LogP contribution in [0.5, 0.6) is 0 Å². The van der Waals surface area contributed by atoms with E-state index >= 15 is 0 Å². The van der Waals surface area contributed by atoms with Gasteiger partial charge in [0.2, 0.25) is 0 Å². The minimum atomic E-state index is -0.367. The minimum absolute atomic E-state index is 0.367. The monoisotopic (exact) mass is 266 g/mol. The molecule has 5 heteroatoms. The van der Waals surface area contributed by atoms with Gasteiger partial charge in [-0.1, -0.05) is 22.6 Å². The number of H-pyrrole nitrogens is 1. The summed E-state index contributed by atoms with van der Waals surface area (Å²) in [4.78, 5) is 11.0. The smallest absolute Gasteiger partial charge is 0.356 e. The van der Waals surface area contributed by atoms with Gasteiger partial charge >= 0.3 is 5.97 Å². The maximum absolute atomic E-state index is 11.0. The van der Waals surface area contributed by atoms with E-state index in [1.54, 1.807) is 6.20 Å². The Balaban J connectivity index is 2.92. The summed E-state index contributed by atoms with van der Waals surface area (Å²) in [6.07, 6.45) is 1.62. The van der Waals surface area contributed by atoms with E-state index in [0.29, 0.717) is 5.69 Å². The highest BCUT2D eigenvalue weighted by molar-refractivity contribution is 14.1. The van der Waals surface area contributed by atoms with Crippen LogP contribution in [0, 0.1) is 0 Å². The summed E-state index contributed by atoms with van der Waals surface area (Å²) in [6.45, 7) is 0. The van der Waals surface area contributed by atoms with Gasteiger partial charge in [0, 0.05) is 9.99 Å². The maximum Gasteiger partial charge on any atom is 0.356 e. The number of rotatable bonds is 2. The van der Waals surface area contributed by atoms with Crippen molar-refractivity contribution in [3.63, 3.8) is 0 Å². The summed E-state index contributed by atoms with van der Waals surface area (Å²) in [5, 5.41) is 6.31. The summed E-state index contributed by atoms with van der Waals surface area (Å²) in [6, 6.07) is 0. The van der Waals surface area contributed by atoms with Gasteiger partial charge < -0.3 is 4.74 Å². The van der Waals surface area contributed by atoms with Crippen LogP contribution in [-0.2, 0) is 9.16 Å². The van der Waals surface area contributed by atoms with Crippen molar-refractivity contribution in [2.75, 3.05) is 7.11 Å². The lowest BCUT2D eigenvalue weighted by atomic mass is 10.3. The summed E-state index contributed by atoms with van der Waals surface area (Å²) < 4.78 is 5.27. The Bertz CT molecular complexity index is 259. The molecule has 0 amide bonds. The average molecular weight is 266 g/mol. The number of methoxy groups -OCH3 is 1. The van der Waals surface area contributed by atoms with Crippen molar-refractivity contribution in [3.05, 3.63) is 17.5 Å². The van der Waals surface area contributed by atoms with Crippen molar-refractivity contribution < 1.29 is 9.53 Å². The van der Waals surface area contributed by atoms with Crippen molar-refractivity contribution in [2.24, 2.45) is 0 Å². The lowest BCUT2D eigenvalue weighted by Crippen LogP contribution is -2.04. The lowest BCUT2D eigenvalue weighted by Gasteiger charge is -1.95. The number of nitrogens with one attached hydrogen (secondary N) is 1. The van der Waals surface area contributed by atoms with Crippen molar-refractivity contribution >= 4 is 28.6 Å². The van der Waals surface area contributed by atoms with Gasteiger partial charge in [0.1, 0.15) is 5.69 Å². The number of nitrogens with zero attached hydrogens (tertiary/aromatic N) is 1. The van der Waals surface area contributed by atoms with Crippen molar-refractivity contribution in [2.45, 2.75) is 4.43 Å². The summed E-state index contributed by atoms with van der Waals surface area (Å²) in [7, 11) is 1.35. The van der Waals surface area contributed by atoms with E-state index in [2.05, 4.69) is 37.5 Å². The number of aromatic amines is 1. The molecule has 0 saturated carbocycles. The van der Waals surface area contributed by atoms with E-state index in [4.69, 9.17) is 0 Å². The molecule has 1 heterocycles. The second kappa shape index (κ2) is 3.70. The Hall–Kier alpha value is -0.590. The first kappa shape index (κ1) is 8.51. The third kappa shape index (κ3) is 1.70. The Morgan fingerprint density at radius 1 is 1.91 bits per heavy atom. The molecule has 0 aliphatic rings. The van der Waals surface area contributed by atoms with Crippen LogP contribution in [0.2, 0.25) is 0 Å². The van der Waals surface area contributed by atoms with E-state index < -0.39 is 0 Å². The molecule has 1 aromatic rings. The number of aromatic nitrogens is 2. The average Bonchev–Trinajstić information content (AvgIpc) is 2.50. The van der Waals surface area contributed by atoms with Crippen LogP contribution in [0.15, 0.2) is 6.20 Å². The van der Waals surface area contributed by atoms with E-state index in [1.165, 1.54) is 7.11 Å². The second-order valence-corrected chi connectivity index (χ2v) is 2.66. The van der Waals surface area contributed by atoms with Crippen LogP contribution in [-0.4, -0.2) is 23.3 Å². The molecule has 0 radical (unpaired) electrons. The topological polar surface area (TPSA) is 55.0 Å². The molecule has 0 saturated heterocycles. The highest BCUT2D eigenvalue weighted by atomic mass is 127. The van der Waals surface area contributed by atoms with Crippen LogP contribution < -0.4 is 0 Å². The zero-order valence-corrected chi connectivity index (χ0v) is 8.08. The van der Waals surface area contributed by atoms with Gasteiger partial charge in [-0.2, -0.15) is 5.10 Å². The van der Waals surface area contributed by atoms with Crippen LogP contribution in [0.4, 0.5) is 0 Å². The first-order chi connectivity index (χ1) is 5.29. The van der Waals surface area contributed by atoms with Crippen LogP contribution in [0.1, 0.15) is 16.1 Å². The molecule has 1 N–H and O–H groups in total. The predicted octanol–water partition coefficient (Wildman–Crippen LogP) is 1.13. The number of carbonyl (C=O) groups is 1. The molecule has 4 nitrogen and oxygen atoms in total. The van der Waals surface area contributed by atoms with Gasteiger partial charge in [-0.25, -0.2) is 4.79 Å². The maximum atomic E-state index is 11.0. The number of halogens is 1. The third-order valence-electron chi connectivity index (χ3n) is 1.25. The Kier molecular flexibility index (Phi) is 2.86. The normalized spacial score (nSPS) is 9.64. The molecule has 0 aliphatic carbocycles. The highest BCUT2D eigenvalue weighted by Gasteiger charge is 2.11. The van der Waals surface area contributed by atoms with Gasteiger partial charge in [0.05, 0.1) is 13.3 Å². The van der Waals surface area contributed by atoms with Gasteiger partial charge in [0.15, 0.2) is 0 Å². The van der Waals surface area contributed by atoms with Crippen LogP contribution >= 0.6 is 22.6 Å². The highest BCUT2D eigenvalue weighted by Crippen LogP contribution is 2.09. The van der Waals surface area contributed by atoms with Crippen molar-refractivity contribution in [1.29, 1.82) is 0 Å². The Morgan fingerprint density at radius 2 is 2.64 bits per heavy atom. The molecule has 11 heavy (non-hydrogen) atoms. The molecule has 0 fully saturated rings. The molecule has 0 bridgehead atoms. The molecule has 0 unspecified atom stereocenters. The molecular formula is C6H7IN2O2. The molecule has 0 aliphatic heterocycles. The molecule has 1 aromatic heterocycles. The van der Waals surface area contributed by atoms with Gasteiger partial charge in [-0.15, -0.1) is 0 Å². The molecule has 0 atom stereocenters. The third-order valence-corrected chi connectivity index (χ3v) is 2.07. The molecule has 1 rings (SSSR count). The summed E-state index contributed by atoms with van der Waals surface area (Å²) in [5.74, 6) is -0.367. The summed E-state index contributed by atoms with van der Waals surface area (Å²) >= 11 is 2.16. The SMILES string of the molecule is COC(=O)c1[nH]ncc1CI. The zero-order chi connectivity index (χ0) is 8.27. The fourth-order valence-electron chi connectivity index (χ4n) is 0.691. The largest absolute Gasteiger partial charge is 0.464 e. The van der Waals surface area contributed by atoms with E-state index in [9.17, 15) is 4.79 Å². The van der Waals surface area contributed by atoms with Crippen molar-refractivity contribution in [3.8, 4) is 0 Å². The Labute approximate surface area is 77.5 Å². The fourth-order valence-corrected chi connectivity index (χ4v) is 1.27. The number of carbonyl (C=O) groups excluding carboxylic acids is 1. The second-order valence-electron chi connectivity index (χ2n) is 1.90. The fraction of sp³-hybridized carbons (Fsp3) is 0.333. The van der Waals surface area contributed by atoms with Crippen molar-refractivity contribution in [1.82, 2.24) is 10.2 Å². The van der Waals surface area contributed by atoms with E-state index in [1.807, 2.05) is 0 Å². The minimum Gasteiger partial charge on any atom is -0.464 e. The lowest BCUT2D eigenvalue weighted by molar-refractivity contribution is 0.0593. The molecule has 0 aromatic carbocycles. The first-order valence-electron chi connectivity index (χ1n) is 2.96. The number of hydrogen-bond donors (Lipinski definition) is 1. The molecule has 0 spiro atoms. The number of alkyl halides is 1. The molecular weight excluding hydrogens is 259 g/mol. The quantitative estimate of drug-likeness (QED) is 0.496. The van der Waals surface area contributed by atoms with Gasteiger partial charge in [0.25, 0.3) is 0 Å². The van der Waals surface area contributed by atoms with Gasteiger partial charge in [-0.3, -0.25) is 5.10 Å². The van der Waals surface area contributed by atoms with E-state index in [-0.39, 0.29) is 5.97 Å². The standard InChI is InChI=1S/C6H7IN2O2/c1-11-6(10)5-4(2-7)3-8-9-5/h3H,2H2,1H3,(H,8,9). The Morgan fingerprint density at radius 3 is 3.18 bits per heavy atom. The zero-order valence-electron chi connectivity index (χ0n) is 5.93. The molecule has 60 valence electrons. The van der Waals surface area contributed by atoms with Gasteiger partial charge in [-0.05, 0) is 0 Å². The summed E-state index contributed by atoms with van der Waals surface area (Å²) in [5.41, 5.74) is 1.32. The number of hydrogen-bond acceptors (Lipinski definition) is 3. The van der Waals surface area contributed by atoms with Crippen LogP contribution in [0.3, 0.4) is 0 Å². The van der Waals surface area contributed by atoms with Crippen LogP contribution in [0.25, 0.3) is 0 Å². The van der Waals surface area contributed by atoms with E-state index in [0.717, 1.165) is 9.99 Å². The first-order valence-corrected chi connectivity index (χ1v) is 4.48. The number of esters is 1.